The summed E-state index contributed by atoms with van der Waals surface area (Å²) in [7, 11) is 0. The Hall–Kier alpha value is -2.95. The summed E-state index contributed by atoms with van der Waals surface area (Å²) in [4.78, 5) is 21.2. The molecule has 2 aromatic carbocycles. The van der Waals surface area contributed by atoms with E-state index < -0.39 is 0 Å². The van der Waals surface area contributed by atoms with Gasteiger partial charge >= 0.3 is 6.03 Å². The number of nitrogens with zero attached hydrogens (tertiary/aromatic N) is 2. The van der Waals surface area contributed by atoms with Gasteiger partial charge in [-0.1, -0.05) is 17.7 Å². The van der Waals surface area contributed by atoms with Crippen LogP contribution >= 0.6 is 0 Å². The Morgan fingerprint density at radius 2 is 1.54 bits per heavy atom. The zero-order valence-corrected chi connectivity index (χ0v) is 14.3. The highest BCUT2D eigenvalue weighted by Crippen LogP contribution is 2.19. The summed E-state index contributed by atoms with van der Waals surface area (Å²) in [5.41, 5.74) is 7.06. The number of benzene rings is 2. The number of carbonyl (C=O) groups excluding carboxylic acids is 1. The predicted molar refractivity (Wildman–Crippen MR) is 97.6 cm³/mol. The van der Waals surface area contributed by atoms with E-state index in [4.69, 9.17) is 0 Å². The van der Waals surface area contributed by atoms with Gasteiger partial charge in [0.25, 0.3) is 0 Å². The molecule has 0 aliphatic rings. The standard InChI is InChI=1S/C19H20N4O/c1-11-5-7-16(12(2)9-11)23-19(24)22-15-6-8-17-18(10-15)21-14(4)13(3)20-17/h5-10H,1-4H3,(H2,22,23,24). The lowest BCUT2D eigenvalue weighted by molar-refractivity contribution is 0.262. The molecule has 2 amide bonds. The van der Waals surface area contributed by atoms with Gasteiger partial charge in [0, 0.05) is 11.4 Å². The van der Waals surface area contributed by atoms with Gasteiger partial charge in [0.15, 0.2) is 0 Å². The van der Waals surface area contributed by atoms with Crippen LogP contribution in [0.15, 0.2) is 36.4 Å². The first-order valence-electron chi connectivity index (χ1n) is 7.82. The molecule has 0 spiro atoms. The van der Waals surface area contributed by atoms with Crippen LogP contribution in [0, 0.1) is 27.7 Å². The first-order valence-corrected chi connectivity index (χ1v) is 7.82. The van der Waals surface area contributed by atoms with Gasteiger partial charge in [-0.05, 0) is 57.5 Å². The van der Waals surface area contributed by atoms with Gasteiger partial charge in [-0.15, -0.1) is 0 Å². The van der Waals surface area contributed by atoms with Crippen LogP contribution in [-0.4, -0.2) is 16.0 Å². The van der Waals surface area contributed by atoms with Crippen molar-refractivity contribution in [3.8, 4) is 0 Å². The molecule has 0 aliphatic carbocycles. The van der Waals surface area contributed by atoms with Gasteiger partial charge in [0.1, 0.15) is 0 Å². The van der Waals surface area contributed by atoms with E-state index in [2.05, 4.69) is 20.6 Å². The second kappa shape index (κ2) is 6.28. The molecule has 0 bridgehead atoms. The molecule has 122 valence electrons. The average Bonchev–Trinajstić information content (AvgIpc) is 2.51. The van der Waals surface area contributed by atoms with E-state index in [0.29, 0.717) is 5.69 Å². The molecule has 5 nitrogen and oxygen atoms in total. The molecular formula is C19H20N4O. The molecule has 0 fully saturated rings. The lowest BCUT2D eigenvalue weighted by Gasteiger charge is -2.11. The van der Waals surface area contributed by atoms with E-state index in [1.807, 2.05) is 64.1 Å². The summed E-state index contributed by atoms with van der Waals surface area (Å²) in [6, 6.07) is 11.2. The van der Waals surface area contributed by atoms with E-state index in [0.717, 1.165) is 39.2 Å². The van der Waals surface area contributed by atoms with Crippen LogP contribution in [0.3, 0.4) is 0 Å². The quantitative estimate of drug-likeness (QED) is 0.730. The minimum atomic E-state index is -0.280. The number of urea groups is 1. The lowest BCUT2D eigenvalue weighted by atomic mass is 10.1. The van der Waals surface area contributed by atoms with Crippen molar-refractivity contribution in [2.75, 3.05) is 10.6 Å². The molecule has 2 N–H and O–H groups in total. The van der Waals surface area contributed by atoms with Gasteiger partial charge in [-0.25, -0.2) is 14.8 Å². The summed E-state index contributed by atoms with van der Waals surface area (Å²) in [6.07, 6.45) is 0. The molecule has 3 rings (SSSR count). The largest absolute Gasteiger partial charge is 0.323 e. The second-order valence-corrected chi connectivity index (χ2v) is 6.00. The van der Waals surface area contributed by atoms with Crippen LogP contribution in [0.4, 0.5) is 16.2 Å². The average molecular weight is 320 g/mol. The minimum Gasteiger partial charge on any atom is -0.308 e. The first-order chi connectivity index (χ1) is 11.4. The third-order valence-electron chi connectivity index (χ3n) is 3.96. The zero-order valence-electron chi connectivity index (χ0n) is 14.3. The molecule has 24 heavy (non-hydrogen) atoms. The normalized spacial score (nSPS) is 10.7. The van der Waals surface area contributed by atoms with Gasteiger partial charge in [-0.2, -0.15) is 0 Å². The van der Waals surface area contributed by atoms with Gasteiger partial charge in [-0.3, -0.25) is 0 Å². The number of rotatable bonds is 2. The Bertz CT molecular complexity index is 934. The van der Waals surface area contributed by atoms with E-state index in [1.165, 1.54) is 0 Å². The van der Waals surface area contributed by atoms with Gasteiger partial charge < -0.3 is 10.6 Å². The monoisotopic (exact) mass is 320 g/mol. The third-order valence-corrected chi connectivity index (χ3v) is 3.96. The van der Waals surface area contributed by atoms with Gasteiger partial charge in [0.05, 0.1) is 22.4 Å². The molecule has 0 radical (unpaired) electrons. The summed E-state index contributed by atoms with van der Waals surface area (Å²) in [5, 5.41) is 5.71. The number of aromatic nitrogens is 2. The summed E-state index contributed by atoms with van der Waals surface area (Å²) >= 11 is 0. The highest BCUT2D eigenvalue weighted by Gasteiger charge is 2.07. The molecule has 1 heterocycles. The number of nitrogens with one attached hydrogen (secondary N) is 2. The Kier molecular flexibility index (Phi) is 4.16. The number of fused-ring (bicyclic) bond motifs is 1. The third kappa shape index (κ3) is 3.35. The van der Waals surface area contributed by atoms with Crippen molar-refractivity contribution < 1.29 is 4.79 Å². The topological polar surface area (TPSA) is 66.9 Å². The maximum absolute atomic E-state index is 12.2. The number of aryl methyl sites for hydroxylation is 4. The number of carbonyl (C=O) groups is 1. The van der Waals surface area contributed by atoms with Crippen molar-refractivity contribution in [1.29, 1.82) is 0 Å². The van der Waals surface area contributed by atoms with Crippen LogP contribution in [0.1, 0.15) is 22.5 Å². The van der Waals surface area contributed by atoms with Crippen molar-refractivity contribution >= 4 is 28.4 Å². The van der Waals surface area contributed by atoms with Crippen molar-refractivity contribution in [3.05, 3.63) is 58.9 Å². The number of hydrogen-bond donors (Lipinski definition) is 2. The summed E-state index contributed by atoms with van der Waals surface area (Å²) in [6.45, 7) is 7.86. The highest BCUT2D eigenvalue weighted by atomic mass is 16.2. The van der Waals surface area contributed by atoms with Crippen molar-refractivity contribution in [1.82, 2.24) is 9.97 Å². The highest BCUT2D eigenvalue weighted by molar-refractivity contribution is 6.01. The first kappa shape index (κ1) is 15.9. The molecule has 0 atom stereocenters. The number of amides is 2. The second-order valence-electron chi connectivity index (χ2n) is 6.00. The molecule has 0 unspecified atom stereocenters. The van der Waals surface area contributed by atoms with Crippen LogP contribution in [0.5, 0.6) is 0 Å². The van der Waals surface area contributed by atoms with Crippen LogP contribution in [-0.2, 0) is 0 Å². The maximum atomic E-state index is 12.2. The van der Waals surface area contributed by atoms with Gasteiger partial charge in [0.2, 0.25) is 0 Å². The van der Waals surface area contributed by atoms with Crippen LogP contribution < -0.4 is 10.6 Å². The SMILES string of the molecule is Cc1ccc(NC(=O)Nc2ccc3nc(C)c(C)nc3c2)c(C)c1. The summed E-state index contributed by atoms with van der Waals surface area (Å²) in [5.74, 6) is 0. The number of anilines is 2. The van der Waals surface area contributed by atoms with Crippen molar-refractivity contribution in [2.45, 2.75) is 27.7 Å². The smallest absolute Gasteiger partial charge is 0.308 e. The van der Waals surface area contributed by atoms with Crippen molar-refractivity contribution in [3.63, 3.8) is 0 Å². The van der Waals surface area contributed by atoms with Crippen LogP contribution in [0.2, 0.25) is 0 Å². The Balaban J connectivity index is 1.78. The molecular weight excluding hydrogens is 300 g/mol. The molecule has 3 aromatic rings. The van der Waals surface area contributed by atoms with E-state index >= 15 is 0 Å². The van der Waals surface area contributed by atoms with E-state index in [-0.39, 0.29) is 6.03 Å². The minimum absolute atomic E-state index is 0.280. The maximum Gasteiger partial charge on any atom is 0.323 e. The Morgan fingerprint density at radius 1 is 0.833 bits per heavy atom. The van der Waals surface area contributed by atoms with Crippen LogP contribution in [0.25, 0.3) is 11.0 Å². The summed E-state index contributed by atoms with van der Waals surface area (Å²) < 4.78 is 0. The predicted octanol–water partition coefficient (Wildman–Crippen LogP) is 4.51. The fourth-order valence-corrected chi connectivity index (χ4v) is 2.55. The number of hydrogen-bond acceptors (Lipinski definition) is 3. The fraction of sp³-hybridized carbons (Fsp3) is 0.211. The van der Waals surface area contributed by atoms with Crippen molar-refractivity contribution in [2.24, 2.45) is 0 Å². The molecule has 1 aromatic heterocycles. The van der Waals surface area contributed by atoms with E-state index in [9.17, 15) is 4.79 Å². The van der Waals surface area contributed by atoms with E-state index in [1.54, 1.807) is 0 Å². The Labute approximate surface area is 141 Å². The zero-order chi connectivity index (χ0) is 17.3. The lowest BCUT2D eigenvalue weighted by Crippen LogP contribution is -2.20. The fourth-order valence-electron chi connectivity index (χ4n) is 2.55. The molecule has 0 saturated carbocycles. The molecule has 5 heteroatoms. The molecule has 0 saturated heterocycles. The molecule has 0 aliphatic heterocycles. The Morgan fingerprint density at radius 3 is 2.25 bits per heavy atom.